The smallest absolute Gasteiger partial charge is 0.251 e. The molecular weight excluding hydrogens is 388 g/mol. The summed E-state index contributed by atoms with van der Waals surface area (Å²) >= 11 is 6.09. The van der Waals surface area contributed by atoms with Gasteiger partial charge in [0, 0.05) is 30.2 Å². The monoisotopic (exact) mass is 412 g/mol. The van der Waals surface area contributed by atoms with Crippen LogP contribution in [0.3, 0.4) is 0 Å². The summed E-state index contributed by atoms with van der Waals surface area (Å²) in [7, 11) is 0. The summed E-state index contributed by atoms with van der Waals surface area (Å²) in [5.74, 6) is 0.629. The maximum atomic E-state index is 13.0. The molecule has 0 bridgehead atoms. The number of ether oxygens (including phenoxy) is 2. The van der Waals surface area contributed by atoms with Gasteiger partial charge in [-0.25, -0.2) is 0 Å². The fraction of sp³-hybridized carbons (Fsp3) is 0.348. The maximum absolute atomic E-state index is 13.0. The Balaban J connectivity index is 1.53. The molecule has 0 saturated carbocycles. The van der Waals surface area contributed by atoms with Crippen LogP contribution in [0.25, 0.3) is 6.08 Å². The molecule has 2 aliphatic rings. The lowest BCUT2D eigenvalue weighted by Gasteiger charge is -2.31. The molecule has 1 atom stereocenters. The lowest BCUT2D eigenvalue weighted by molar-refractivity contribution is -0.118. The molecule has 5 nitrogen and oxygen atoms in total. The SMILES string of the molecule is Cc1ccc(C(CN2CCOCC2)NC(=O)C2=Cc3cc(Cl)ccc3OC2)cc1. The van der Waals surface area contributed by atoms with Crippen LogP contribution in [0.1, 0.15) is 22.7 Å². The molecule has 1 unspecified atom stereocenters. The molecule has 2 aromatic rings. The molecule has 0 aliphatic carbocycles. The minimum Gasteiger partial charge on any atom is -0.488 e. The zero-order valence-electron chi connectivity index (χ0n) is 16.5. The number of benzene rings is 2. The van der Waals surface area contributed by atoms with Gasteiger partial charge < -0.3 is 14.8 Å². The van der Waals surface area contributed by atoms with E-state index in [0.29, 0.717) is 10.6 Å². The summed E-state index contributed by atoms with van der Waals surface area (Å²) in [6.07, 6.45) is 1.86. The third-order valence-corrected chi connectivity index (χ3v) is 5.54. The van der Waals surface area contributed by atoms with Crippen molar-refractivity contribution in [3.05, 3.63) is 69.8 Å². The normalized spacial score (nSPS) is 17.7. The van der Waals surface area contributed by atoms with Gasteiger partial charge in [-0.15, -0.1) is 0 Å². The van der Waals surface area contributed by atoms with E-state index in [9.17, 15) is 4.79 Å². The maximum Gasteiger partial charge on any atom is 0.251 e. The number of rotatable bonds is 5. The van der Waals surface area contributed by atoms with E-state index in [2.05, 4.69) is 41.4 Å². The van der Waals surface area contributed by atoms with Crippen molar-refractivity contribution in [2.24, 2.45) is 0 Å². The molecular formula is C23H25ClN2O3. The molecule has 4 rings (SSSR count). The van der Waals surface area contributed by atoms with Crippen molar-refractivity contribution in [1.29, 1.82) is 0 Å². The van der Waals surface area contributed by atoms with E-state index in [0.717, 1.165) is 49.7 Å². The van der Waals surface area contributed by atoms with Gasteiger partial charge in [0.15, 0.2) is 0 Å². The van der Waals surface area contributed by atoms with Crippen molar-refractivity contribution in [3.63, 3.8) is 0 Å². The molecule has 2 heterocycles. The van der Waals surface area contributed by atoms with Gasteiger partial charge in [0.1, 0.15) is 12.4 Å². The van der Waals surface area contributed by atoms with Gasteiger partial charge in [0.05, 0.1) is 24.8 Å². The highest BCUT2D eigenvalue weighted by molar-refractivity contribution is 6.30. The lowest BCUT2D eigenvalue weighted by Crippen LogP contribution is -2.43. The van der Waals surface area contributed by atoms with Crippen molar-refractivity contribution in [2.45, 2.75) is 13.0 Å². The van der Waals surface area contributed by atoms with Gasteiger partial charge >= 0.3 is 0 Å². The van der Waals surface area contributed by atoms with Crippen molar-refractivity contribution >= 4 is 23.6 Å². The number of nitrogens with one attached hydrogen (secondary N) is 1. The van der Waals surface area contributed by atoms with E-state index in [1.54, 1.807) is 6.07 Å². The summed E-state index contributed by atoms with van der Waals surface area (Å²) in [4.78, 5) is 15.4. The van der Waals surface area contributed by atoms with Gasteiger partial charge in [-0.3, -0.25) is 9.69 Å². The van der Waals surface area contributed by atoms with E-state index >= 15 is 0 Å². The van der Waals surface area contributed by atoms with E-state index in [1.807, 2.05) is 18.2 Å². The largest absolute Gasteiger partial charge is 0.488 e. The van der Waals surface area contributed by atoms with Crippen LogP contribution in [0.15, 0.2) is 48.0 Å². The summed E-state index contributed by atoms with van der Waals surface area (Å²) in [5, 5.41) is 3.83. The van der Waals surface area contributed by atoms with Gasteiger partial charge in [0.2, 0.25) is 0 Å². The van der Waals surface area contributed by atoms with E-state index in [4.69, 9.17) is 21.1 Å². The van der Waals surface area contributed by atoms with Crippen LogP contribution in [0.4, 0.5) is 0 Å². The fourth-order valence-electron chi connectivity index (χ4n) is 3.61. The highest BCUT2D eigenvalue weighted by Crippen LogP contribution is 2.29. The molecule has 2 aromatic carbocycles. The quantitative estimate of drug-likeness (QED) is 0.815. The highest BCUT2D eigenvalue weighted by atomic mass is 35.5. The minimum atomic E-state index is -0.116. The zero-order valence-corrected chi connectivity index (χ0v) is 17.2. The van der Waals surface area contributed by atoms with Crippen LogP contribution in [-0.2, 0) is 9.53 Å². The Morgan fingerprint density at radius 3 is 2.69 bits per heavy atom. The molecule has 29 heavy (non-hydrogen) atoms. The first kappa shape index (κ1) is 20.0. The number of fused-ring (bicyclic) bond motifs is 1. The minimum absolute atomic E-state index is 0.108. The molecule has 0 spiro atoms. The summed E-state index contributed by atoms with van der Waals surface area (Å²) in [6, 6.07) is 13.6. The Bertz CT molecular complexity index is 905. The predicted octanol–water partition coefficient (Wildman–Crippen LogP) is 3.61. The Morgan fingerprint density at radius 1 is 1.17 bits per heavy atom. The van der Waals surface area contributed by atoms with E-state index in [-0.39, 0.29) is 18.6 Å². The van der Waals surface area contributed by atoms with Gasteiger partial charge in [-0.1, -0.05) is 41.4 Å². The average Bonchev–Trinajstić information content (AvgIpc) is 2.74. The Kier molecular flexibility index (Phi) is 6.19. The van der Waals surface area contributed by atoms with Crippen LogP contribution >= 0.6 is 11.6 Å². The number of carbonyl (C=O) groups is 1. The molecule has 152 valence electrons. The number of aryl methyl sites for hydroxylation is 1. The van der Waals surface area contributed by atoms with Crippen molar-refractivity contribution < 1.29 is 14.3 Å². The second-order valence-corrected chi connectivity index (χ2v) is 7.93. The van der Waals surface area contributed by atoms with Crippen LogP contribution in [0.2, 0.25) is 5.02 Å². The van der Waals surface area contributed by atoms with Gasteiger partial charge in [0.25, 0.3) is 5.91 Å². The third-order valence-electron chi connectivity index (χ3n) is 5.31. The van der Waals surface area contributed by atoms with E-state index in [1.165, 1.54) is 5.56 Å². The molecule has 0 aromatic heterocycles. The molecule has 0 radical (unpaired) electrons. The standard InChI is InChI=1S/C23H25ClN2O3/c1-16-2-4-17(5-3-16)21(14-26-8-10-28-11-9-26)25-23(27)19-12-18-13-20(24)6-7-22(18)29-15-19/h2-7,12-13,21H,8-11,14-15H2,1H3,(H,25,27). The lowest BCUT2D eigenvalue weighted by atomic mass is 10.0. The van der Waals surface area contributed by atoms with Crippen LogP contribution in [0.5, 0.6) is 5.75 Å². The van der Waals surface area contributed by atoms with Gasteiger partial charge in [-0.2, -0.15) is 0 Å². The predicted molar refractivity (Wildman–Crippen MR) is 114 cm³/mol. The number of amides is 1. The Labute approximate surface area is 176 Å². The average molecular weight is 413 g/mol. The molecule has 1 N–H and O–H groups in total. The summed E-state index contributed by atoms with van der Waals surface area (Å²) in [5.41, 5.74) is 3.71. The zero-order chi connectivity index (χ0) is 20.2. The number of nitrogens with zero attached hydrogens (tertiary/aromatic N) is 1. The number of morpholine rings is 1. The fourth-order valence-corrected chi connectivity index (χ4v) is 3.79. The number of carbonyl (C=O) groups excluding carboxylic acids is 1. The van der Waals surface area contributed by atoms with Crippen molar-refractivity contribution in [3.8, 4) is 5.75 Å². The number of hydrogen-bond donors (Lipinski definition) is 1. The number of halogens is 1. The first-order valence-corrected chi connectivity index (χ1v) is 10.3. The molecule has 1 fully saturated rings. The first-order valence-electron chi connectivity index (χ1n) is 9.89. The topological polar surface area (TPSA) is 50.8 Å². The van der Waals surface area contributed by atoms with Crippen LogP contribution in [0, 0.1) is 6.92 Å². The molecule has 1 amide bonds. The Hall–Kier alpha value is -2.34. The molecule has 2 aliphatic heterocycles. The number of hydrogen-bond acceptors (Lipinski definition) is 4. The van der Waals surface area contributed by atoms with Crippen molar-refractivity contribution in [1.82, 2.24) is 10.2 Å². The summed E-state index contributed by atoms with van der Waals surface area (Å²) < 4.78 is 11.2. The van der Waals surface area contributed by atoms with E-state index < -0.39 is 0 Å². The first-order chi connectivity index (χ1) is 14.1. The molecule has 1 saturated heterocycles. The van der Waals surface area contributed by atoms with Crippen LogP contribution in [-0.4, -0.2) is 50.3 Å². The second-order valence-electron chi connectivity index (χ2n) is 7.49. The van der Waals surface area contributed by atoms with Crippen molar-refractivity contribution in [2.75, 3.05) is 39.5 Å². The highest BCUT2D eigenvalue weighted by Gasteiger charge is 2.23. The third kappa shape index (κ3) is 4.99. The second kappa shape index (κ2) is 8.99. The molecule has 6 heteroatoms. The van der Waals surface area contributed by atoms with Crippen LogP contribution < -0.4 is 10.1 Å². The summed E-state index contributed by atoms with van der Waals surface area (Å²) in [6.45, 7) is 6.25. The van der Waals surface area contributed by atoms with Gasteiger partial charge in [-0.05, 0) is 36.8 Å². The Morgan fingerprint density at radius 2 is 1.93 bits per heavy atom.